The van der Waals surface area contributed by atoms with Gasteiger partial charge in [0.05, 0.1) is 18.2 Å². The molecule has 1 heterocycles. The second kappa shape index (κ2) is 7.22. The van der Waals surface area contributed by atoms with Crippen LogP contribution in [-0.2, 0) is 14.8 Å². The summed E-state index contributed by atoms with van der Waals surface area (Å²) >= 11 is 6.02. The molecule has 114 valence electrons. The van der Waals surface area contributed by atoms with Crippen LogP contribution in [0.3, 0.4) is 0 Å². The number of benzene rings is 1. The molecule has 0 aliphatic carbocycles. The molecule has 2 rings (SSSR count). The molecule has 8 heteroatoms. The molecule has 0 saturated carbocycles. The highest BCUT2D eigenvalue weighted by Gasteiger charge is 2.22. The van der Waals surface area contributed by atoms with Gasteiger partial charge in [0.1, 0.15) is 11.5 Å². The lowest BCUT2D eigenvalue weighted by atomic mass is 10.2. The van der Waals surface area contributed by atoms with Gasteiger partial charge in [0, 0.05) is 18.7 Å². The molecule has 0 bridgehead atoms. The molecule has 1 saturated heterocycles. The minimum Gasteiger partial charge on any atom is -0.384 e. The number of hydrogen-bond acceptors (Lipinski definition) is 5. The van der Waals surface area contributed by atoms with Gasteiger partial charge >= 0.3 is 0 Å². The Balaban J connectivity index is 2.19. The average Bonchev–Trinajstić information content (AvgIpc) is 2.45. The predicted molar refractivity (Wildman–Crippen MR) is 78.1 cm³/mol. The zero-order chi connectivity index (χ0) is 15.3. The molecule has 6 nitrogen and oxygen atoms in total. The molecular weight excluding hydrogens is 316 g/mol. The van der Waals surface area contributed by atoms with Crippen LogP contribution in [0.15, 0.2) is 23.1 Å². The number of ether oxygens (including phenoxy) is 1. The lowest BCUT2D eigenvalue weighted by molar-refractivity contribution is 0.0272. The number of hydrazine groups is 1. The van der Waals surface area contributed by atoms with Crippen LogP contribution in [0.2, 0.25) is 5.02 Å². The largest absolute Gasteiger partial charge is 0.384 e. The van der Waals surface area contributed by atoms with E-state index in [9.17, 15) is 8.42 Å². The van der Waals surface area contributed by atoms with E-state index >= 15 is 0 Å². The summed E-state index contributed by atoms with van der Waals surface area (Å²) in [5.74, 6) is 5.14. The van der Waals surface area contributed by atoms with Crippen LogP contribution >= 0.6 is 11.6 Å². The molecule has 0 radical (unpaired) electrons. The average molecular weight is 331 g/mol. The number of rotatable bonds is 3. The van der Waals surface area contributed by atoms with Gasteiger partial charge in [0.25, 0.3) is 10.0 Å². The first-order chi connectivity index (χ1) is 10.0. The van der Waals surface area contributed by atoms with Crippen molar-refractivity contribution in [3.63, 3.8) is 0 Å². The van der Waals surface area contributed by atoms with Crippen LogP contribution in [0.25, 0.3) is 0 Å². The smallest absolute Gasteiger partial charge is 0.254 e. The summed E-state index contributed by atoms with van der Waals surface area (Å²) in [6.45, 7) is 1.65. The first-order valence-corrected chi connectivity index (χ1v) is 8.13. The van der Waals surface area contributed by atoms with Gasteiger partial charge in [-0.3, -0.25) is 0 Å². The zero-order valence-corrected chi connectivity index (χ0v) is 12.7. The Labute approximate surface area is 128 Å². The Morgan fingerprint density at radius 3 is 2.71 bits per heavy atom. The third-order valence-corrected chi connectivity index (χ3v) is 4.65. The summed E-state index contributed by atoms with van der Waals surface area (Å²) in [7, 11) is -3.74. The summed E-state index contributed by atoms with van der Waals surface area (Å²) < 4.78 is 29.7. The molecular formula is C13H15ClN2O4S. The Kier molecular flexibility index (Phi) is 5.58. The number of hydrogen-bond donors (Lipinski definition) is 2. The minimum absolute atomic E-state index is 0.00907. The summed E-state index contributed by atoms with van der Waals surface area (Å²) in [6, 6.07) is 4.40. The quantitative estimate of drug-likeness (QED) is 0.775. The molecule has 0 atom stereocenters. The second-order valence-electron chi connectivity index (χ2n) is 4.30. The highest BCUT2D eigenvalue weighted by atomic mass is 35.5. The molecule has 0 unspecified atom stereocenters. The molecule has 0 amide bonds. The lowest BCUT2D eigenvalue weighted by Gasteiger charge is -2.26. The standard InChI is InChI=1S/C13H15ClN2O4S/c14-12-10-11(2-1-7-17)3-4-13(12)21(18,19)15-16-5-8-20-9-6-16/h3-4,10,15,17H,5-9H2. The highest BCUT2D eigenvalue weighted by Crippen LogP contribution is 2.22. The van der Waals surface area contributed by atoms with Gasteiger partial charge < -0.3 is 9.84 Å². The van der Waals surface area contributed by atoms with E-state index in [-0.39, 0.29) is 16.5 Å². The molecule has 0 aromatic heterocycles. The maximum absolute atomic E-state index is 12.3. The van der Waals surface area contributed by atoms with Crippen LogP contribution in [0.1, 0.15) is 5.56 Å². The number of nitrogens with one attached hydrogen (secondary N) is 1. The molecule has 1 aliphatic heterocycles. The van der Waals surface area contributed by atoms with Gasteiger partial charge in [-0.05, 0) is 18.2 Å². The topological polar surface area (TPSA) is 78.9 Å². The number of nitrogens with zero attached hydrogens (tertiary/aromatic N) is 1. The van der Waals surface area contributed by atoms with Gasteiger partial charge in [-0.1, -0.05) is 23.4 Å². The predicted octanol–water partition coefficient (Wildman–Crippen LogP) is 0.209. The number of halogens is 1. The van der Waals surface area contributed by atoms with E-state index in [1.165, 1.54) is 12.1 Å². The molecule has 1 aromatic rings. The highest BCUT2D eigenvalue weighted by molar-refractivity contribution is 7.89. The number of sulfonamides is 1. The van der Waals surface area contributed by atoms with E-state index in [0.29, 0.717) is 31.9 Å². The van der Waals surface area contributed by atoms with Crippen LogP contribution in [0, 0.1) is 11.8 Å². The molecule has 0 spiro atoms. The van der Waals surface area contributed by atoms with Crippen molar-refractivity contribution in [3.8, 4) is 11.8 Å². The van der Waals surface area contributed by atoms with E-state index in [0.717, 1.165) is 0 Å². The monoisotopic (exact) mass is 330 g/mol. The SMILES string of the molecule is O=S(=O)(NN1CCOCC1)c1ccc(C#CCO)cc1Cl. The fourth-order valence-electron chi connectivity index (χ4n) is 1.81. The summed E-state index contributed by atoms with van der Waals surface area (Å²) in [5.41, 5.74) is 0.541. The minimum atomic E-state index is -3.74. The van der Waals surface area contributed by atoms with Crippen LogP contribution in [-0.4, -0.2) is 51.4 Å². The summed E-state index contributed by atoms with van der Waals surface area (Å²) in [5, 5.41) is 10.3. The van der Waals surface area contributed by atoms with Crippen molar-refractivity contribution < 1.29 is 18.3 Å². The van der Waals surface area contributed by atoms with Crippen LogP contribution in [0.4, 0.5) is 0 Å². The van der Waals surface area contributed by atoms with Gasteiger partial charge in [-0.25, -0.2) is 13.4 Å². The molecule has 1 aromatic carbocycles. The van der Waals surface area contributed by atoms with Gasteiger partial charge in [-0.2, -0.15) is 0 Å². The second-order valence-corrected chi connectivity index (χ2v) is 6.34. The van der Waals surface area contributed by atoms with Crippen molar-refractivity contribution in [2.24, 2.45) is 0 Å². The van der Waals surface area contributed by atoms with Gasteiger partial charge in [0.15, 0.2) is 0 Å². The number of aliphatic hydroxyl groups excluding tert-OH is 1. The summed E-state index contributed by atoms with van der Waals surface area (Å²) in [6.07, 6.45) is 0. The Morgan fingerprint density at radius 2 is 2.10 bits per heavy atom. The van der Waals surface area contributed by atoms with Crippen molar-refractivity contribution in [1.82, 2.24) is 9.84 Å². The fraction of sp³-hybridized carbons (Fsp3) is 0.385. The Morgan fingerprint density at radius 1 is 1.38 bits per heavy atom. The van der Waals surface area contributed by atoms with Crippen molar-refractivity contribution in [1.29, 1.82) is 0 Å². The number of morpholine rings is 1. The van der Waals surface area contributed by atoms with Crippen molar-refractivity contribution in [3.05, 3.63) is 28.8 Å². The van der Waals surface area contributed by atoms with E-state index < -0.39 is 10.0 Å². The molecule has 2 N–H and O–H groups in total. The molecule has 21 heavy (non-hydrogen) atoms. The van der Waals surface area contributed by atoms with E-state index in [1.54, 1.807) is 11.1 Å². The van der Waals surface area contributed by atoms with Crippen molar-refractivity contribution >= 4 is 21.6 Å². The normalized spacial score (nSPS) is 16.3. The number of aliphatic hydroxyl groups is 1. The van der Waals surface area contributed by atoms with Crippen LogP contribution in [0.5, 0.6) is 0 Å². The molecule has 1 fully saturated rings. The first-order valence-electron chi connectivity index (χ1n) is 6.27. The molecule has 1 aliphatic rings. The third-order valence-electron chi connectivity index (χ3n) is 2.79. The van der Waals surface area contributed by atoms with Gasteiger partial charge in [-0.15, -0.1) is 4.83 Å². The van der Waals surface area contributed by atoms with E-state index in [1.807, 2.05) is 0 Å². The van der Waals surface area contributed by atoms with Crippen LogP contribution < -0.4 is 4.83 Å². The van der Waals surface area contributed by atoms with Crippen molar-refractivity contribution in [2.45, 2.75) is 4.90 Å². The van der Waals surface area contributed by atoms with Gasteiger partial charge in [0.2, 0.25) is 0 Å². The lowest BCUT2D eigenvalue weighted by Crippen LogP contribution is -2.48. The maximum Gasteiger partial charge on any atom is 0.254 e. The van der Waals surface area contributed by atoms with E-state index in [2.05, 4.69) is 16.7 Å². The Hall–Kier alpha value is -1.14. The summed E-state index contributed by atoms with van der Waals surface area (Å²) in [4.78, 5) is 2.47. The third kappa shape index (κ3) is 4.41. The van der Waals surface area contributed by atoms with E-state index in [4.69, 9.17) is 21.4 Å². The maximum atomic E-state index is 12.3. The first kappa shape index (κ1) is 16.2. The Bertz CT molecular complexity index is 660. The zero-order valence-electron chi connectivity index (χ0n) is 11.2. The fourth-order valence-corrected chi connectivity index (χ4v) is 3.48. The van der Waals surface area contributed by atoms with Crippen molar-refractivity contribution in [2.75, 3.05) is 32.9 Å².